The monoisotopic (exact) mass is 425 g/mol. The van der Waals surface area contributed by atoms with Crippen molar-refractivity contribution in [2.45, 2.75) is 33.3 Å². The van der Waals surface area contributed by atoms with Crippen LogP contribution >= 0.6 is 11.6 Å². The van der Waals surface area contributed by atoms with Gasteiger partial charge in [-0.05, 0) is 49.2 Å². The van der Waals surface area contributed by atoms with Gasteiger partial charge >= 0.3 is 0 Å². The van der Waals surface area contributed by atoms with Crippen LogP contribution in [0.25, 0.3) is 0 Å². The molecule has 3 rings (SSSR count). The molecule has 2 N–H and O–H groups in total. The molecule has 0 saturated carbocycles. The van der Waals surface area contributed by atoms with E-state index in [0.717, 1.165) is 23.4 Å². The van der Waals surface area contributed by atoms with Crippen LogP contribution in [0.4, 0.5) is 5.69 Å². The maximum absolute atomic E-state index is 11.3. The summed E-state index contributed by atoms with van der Waals surface area (Å²) < 4.78 is 5.76. The first kappa shape index (κ1) is 21.5. The van der Waals surface area contributed by atoms with Crippen molar-refractivity contribution in [2.24, 2.45) is 10.1 Å². The van der Waals surface area contributed by atoms with E-state index >= 15 is 0 Å². The Labute approximate surface area is 180 Å². The minimum absolute atomic E-state index is 0.0671. The van der Waals surface area contributed by atoms with E-state index in [9.17, 15) is 4.79 Å². The van der Waals surface area contributed by atoms with Crippen molar-refractivity contribution in [3.05, 3.63) is 64.6 Å². The van der Waals surface area contributed by atoms with Gasteiger partial charge in [0, 0.05) is 12.6 Å². The molecule has 0 unspecified atom stereocenters. The van der Waals surface area contributed by atoms with E-state index in [1.165, 1.54) is 0 Å². The molecule has 30 heavy (non-hydrogen) atoms. The fourth-order valence-electron chi connectivity index (χ4n) is 2.84. The topological polar surface area (TPSA) is 88.0 Å². The van der Waals surface area contributed by atoms with Crippen molar-refractivity contribution in [3.63, 3.8) is 0 Å². The highest BCUT2D eigenvalue weighted by Crippen LogP contribution is 2.30. The van der Waals surface area contributed by atoms with Gasteiger partial charge in [0.15, 0.2) is 0 Å². The number of ether oxygens (including phenoxy) is 1. The summed E-state index contributed by atoms with van der Waals surface area (Å²) in [6.45, 7) is 4.22. The summed E-state index contributed by atoms with van der Waals surface area (Å²) in [5.41, 5.74) is 6.45. The normalized spacial score (nSPS) is 15.0. The van der Waals surface area contributed by atoms with Gasteiger partial charge in [0.1, 0.15) is 24.0 Å². The standard InChI is InChI=1S/C22H24ClN5O2/c1-3-16-10-22(28-26-13-20(16)25-12-15(2)29)27-17-7-8-21(19(23)11-17)30-14-18-6-4-5-9-24-18/h4-9,11,13,25H,3,10,12,14H2,1-2H3,(H,27,28). The van der Waals surface area contributed by atoms with E-state index < -0.39 is 0 Å². The van der Waals surface area contributed by atoms with Crippen molar-refractivity contribution in [2.75, 3.05) is 6.54 Å². The Morgan fingerprint density at radius 3 is 2.90 bits per heavy atom. The van der Waals surface area contributed by atoms with Crippen molar-refractivity contribution < 1.29 is 9.53 Å². The van der Waals surface area contributed by atoms with Crippen LogP contribution in [0.2, 0.25) is 5.02 Å². The third-order valence-electron chi connectivity index (χ3n) is 4.38. The van der Waals surface area contributed by atoms with Crippen LogP contribution < -0.4 is 15.5 Å². The number of aromatic nitrogens is 1. The molecule has 0 atom stereocenters. The quantitative estimate of drug-likeness (QED) is 0.662. The van der Waals surface area contributed by atoms with Gasteiger partial charge < -0.3 is 10.1 Å². The molecule has 0 fully saturated rings. The summed E-state index contributed by atoms with van der Waals surface area (Å²) in [5, 5.41) is 7.81. The predicted octanol–water partition coefficient (Wildman–Crippen LogP) is 4.17. The van der Waals surface area contributed by atoms with Crippen LogP contribution in [0.3, 0.4) is 0 Å². The Morgan fingerprint density at radius 1 is 1.33 bits per heavy atom. The average molecular weight is 426 g/mol. The van der Waals surface area contributed by atoms with E-state index in [0.29, 0.717) is 35.3 Å². The van der Waals surface area contributed by atoms with Gasteiger partial charge in [-0.2, -0.15) is 5.10 Å². The Balaban J connectivity index is 1.71. The maximum atomic E-state index is 11.3. The molecule has 0 saturated heterocycles. The lowest BCUT2D eigenvalue weighted by atomic mass is 10.1. The lowest BCUT2D eigenvalue weighted by Crippen LogP contribution is -2.22. The Hall–Kier alpha value is -3.19. The number of pyridine rings is 1. The fraction of sp³-hybridized carbons (Fsp3) is 0.273. The van der Waals surface area contributed by atoms with E-state index in [1.807, 2.05) is 24.3 Å². The molecule has 0 amide bonds. The third-order valence-corrected chi connectivity index (χ3v) is 4.68. The van der Waals surface area contributed by atoms with Crippen molar-refractivity contribution >= 4 is 35.1 Å². The molecular weight excluding hydrogens is 402 g/mol. The maximum Gasteiger partial charge on any atom is 0.148 e. The first-order valence-corrected chi connectivity index (χ1v) is 10.1. The first-order valence-electron chi connectivity index (χ1n) is 9.69. The van der Waals surface area contributed by atoms with Crippen molar-refractivity contribution in [1.29, 1.82) is 0 Å². The molecule has 1 aromatic heterocycles. The Bertz CT molecular complexity index is 986. The molecule has 2 aromatic rings. The molecule has 2 heterocycles. The molecule has 0 radical (unpaired) electrons. The third kappa shape index (κ3) is 6.15. The van der Waals surface area contributed by atoms with Gasteiger partial charge in [0.05, 0.1) is 34.9 Å². The van der Waals surface area contributed by atoms with Gasteiger partial charge in [-0.3, -0.25) is 15.2 Å². The summed E-state index contributed by atoms with van der Waals surface area (Å²) in [5.74, 6) is 1.33. The van der Waals surface area contributed by atoms with Crippen LogP contribution in [-0.4, -0.2) is 29.4 Å². The number of allylic oxidation sites excluding steroid dienone is 1. The SMILES string of the molecule is CCC1=C(NCC(C)=O)C=NNC(=Nc2ccc(OCc3ccccn3)c(Cl)c2)C1. The molecule has 1 aromatic carbocycles. The second-order valence-corrected chi connectivity index (χ2v) is 7.16. The summed E-state index contributed by atoms with van der Waals surface area (Å²) in [6, 6.07) is 11.0. The smallest absolute Gasteiger partial charge is 0.148 e. The van der Waals surface area contributed by atoms with Crippen molar-refractivity contribution in [1.82, 2.24) is 15.7 Å². The Kier molecular flexibility index (Phi) is 7.57. The van der Waals surface area contributed by atoms with E-state index in [1.54, 1.807) is 31.5 Å². The zero-order valence-corrected chi connectivity index (χ0v) is 17.7. The number of nitrogens with zero attached hydrogens (tertiary/aromatic N) is 3. The minimum atomic E-state index is 0.0671. The molecule has 0 bridgehead atoms. The highest BCUT2D eigenvalue weighted by Gasteiger charge is 2.12. The predicted molar refractivity (Wildman–Crippen MR) is 119 cm³/mol. The summed E-state index contributed by atoms with van der Waals surface area (Å²) in [6.07, 6.45) is 4.81. The van der Waals surface area contributed by atoms with Crippen LogP contribution in [0.5, 0.6) is 5.75 Å². The highest BCUT2D eigenvalue weighted by molar-refractivity contribution is 6.32. The van der Waals surface area contributed by atoms with E-state index in [4.69, 9.17) is 16.3 Å². The number of rotatable bonds is 8. The van der Waals surface area contributed by atoms with Crippen LogP contribution in [0, 0.1) is 0 Å². The van der Waals surface area contributed by atoms with E-state index in [2.05, 4.69) is 32.7 Å². The number of Topliss-reactive ketones (excluding diaryl/α,β-unsaturated/α-hetero) is 1. The van der Waals surface area contributed by atoms with Crippen molar-refractivity contribution in [3.8, 4) is 5.75 Å². The summed E-state index contributed by atoms with van der Waals surface area (Å²) in [4.78, 5) is 20.1. The van der Waals surface area contributed by atoms with Gasteiger partial charge in [-0.25, -0.2) is 4.99 Å². The summed E-state index contributed by atoms with van der Waals surface area (Å²) >= 11 is 6.38. The van der Waals surface area contributed by atoms with Gasteiger partial charge in [0.25, 0.3) is 0 Å². The lowest BCUT2D eigenvalue weighted by molar-refractivity contribution is -0.116. The number of benzene rings is 1. The number of hydrogen-bond acceptors (Lipinski definition) is 6. The number of hydrazone groups is 1. The molecule has 1 aliphatic heterocycles. The second-order valence-electron chi connectivity index (χ2n) is 6.76. The number of halogens is 1. The molecule has 0 aliphatic carbocycles. The molecule has 1 aliphatic rings. The van der Waals surface area contributed by atoms with Crippen LogP contribution in [-0.2, 0) is 11.4 Å². The second kappa shape index (κ2) is 10.5. The zero-order chi connectivity index (χ0) is 21.3. The molecule has 8 heteroatoms. The van der Waals surface area contributed by atoms with Crippen LogP contribution in [0.15, 0.2) is 64.0 Å². The number of hydrogen-bond donors (Lipinski definition) is 2. The number of amidine groups is 1. The number of nitrogens with one attached hydrogen (secondary N) is 2. The largest absolute Gasteiger partial charge is 0.486 e. The highest BCUT2D eigenvalue weighted by atomic mass is 35.5. The zero-order valence-electron chi connectivity index (χ0n) is 17.0. The van der Waals surface area contributed by atoms with Crippen LogP contribution in [0.1, 0.15) is 32.4 Å². The number of carbonyl (C=O) groups is 1. The van der Waals surface area contributed by atoms with Gasteiger partial charge in [-0.1, -0.05) is 24.6 Å². The average Bonchev–Trinajstić information content (AvgIpc) is 2.94. The van der Waals surface area contributed by atoms with E-state index in [-0.39, 0.29) is 12.3 Å². The summed E-state index contributed by atoms with van der Waals surface area (Å²) in [7, 11) is 0. The number of carbonyl (C=O) groups excluding carboxylic acids is 1. The lowest BCUT2D eigenvalue weighted by Gasteiger charge is -2.11. The first-order chi connectivity index (χ1) is 14.5. The van der Waals surface area contributed by atoms with Gasteiger partial charge in [0.2, 0.25) is 0 Å². The molecule has 156 valence electrons. The minimum Gasteiger partial charge on any atom is -0.486 e. The molecule has 7 nitrogen and oxygen atoms in total. The fourth-order valence-corrected chi connectivity index (χ4v) is 3.07. The molecular formula is C22H24ClN5O2. The number of aliphatic imine (C=N–C) groups is 1. The Morgan fingerprint density at radius 2 is 2.20 bits per heavy atom. The molecule has 0 spiro atoms. The number of ketones is 1. The van der Waals surface area contributed by atoms with Gasteiger partial charge in [-0.15, -0.1) is 0 Å².